The van der Waals surface area contributed by atoms with E-state index >= 15 is 0 Å². The van der Waals surface area contributed by atoms with Crippen LogP contribution >= 0.6 is 0 Å². The first-order valence-electron chi connectivity index (χ1n) is 6.37. The molecule has 3 heteroatoms. The van der Waals surface area contributed by atoms with E-state index in [2.05, 4.69) is 0 Å². The molecular formula is C14H21NO2. The van der Waals surface area contributed by atoms with Crippen molar-refractivity contribution < 1.29 is 9.47 Å². The third kappa shape index (κ3) is 3.55. The summed E-state index contributed by atoms with van der Waals surface area (Å²) in [6.07, 6.45) is 5.33. The Morgan fingerprint density at radius 1 is 1.12 bits per heavy atom. The molecule has 1 aliphatic carbocycles. The van der Waals surface area contributed by atoms with Crippen LogP contribution in [0.15, 0.2) is 18.2 Å². The molecule has 0 radical (unpaired) electrons. The summed E-state index contributed by atoms with van der Waals surface area (Å²) in [5.74, 6) is 1.61. The quantitative estimate of drug-likeness (QED) is 0.814. The Morgan fingerprint density at radius 2 is 1.76 bits per heavy atom. The summed E-state index contributed by atoms with van der Waals surface area (Å²) in [6.45, 7) is 4.00. The molecule has 1 fully saturated rings. The van der Waals surface area contributed by atoms with Crippen LogP contribution in [0.25, 0.3) is 0 Å². The Kier molecular flexibility index (Phi) is 3.77. The lowest BCUT2D eigenvalue weighted by Gasteiger charge is -2.16. The summed E-state index contributed by atoms with van der Waals surface area (Å²) >= 11 is 0. The fourth-order valence-electron chi connectivity index (χ4n) is 2.20. The van der Waals surface area contributed by atoms with Gasteiger partial charge in [0.15, 0.2) is 0 Å². The summed E-state index contributed by atoms with van der Waals surface area (Å²) in [5, 5.41) is 0. The van der Waals surface area contributed by atoms with Crippen molar-refractivity contribution in [3.8, 4) is 11.5 Å². The fourth-order valence-corrected chi connectivity index (χ4v) is 2.20. The summed E-state index contributed by atoms with van der Waals surface area (Å²) in [4.78, 5) is 0. The van der Waals surface area contributed by atoms with Gasteiger partial charge in [0, 0.05) is 23.9 Å². The first-order valence-corrected chi connectivity index (χ1v) is 6.37. The van der Waals surface area contributed by atoms with Crippen LogP contribution < -0.4 is 15.2 Å². The number of benzene rings is 1. The lowest BCUT2D eigenvalue weighted by molar-refractivity contribution is 0.206. The molecule has 1 aromatic carbocycles. The zero-order valence-corrected chi connectivity index (χ0v) is 10.6. The molecule has 0 saturated heterocycles. The van der Waals surface area contributed by atoms with Crippen molar-refractivity contribution in [2.45, 2.75) is 51.7 Å². The van der Waals surface area contributed by atoms with E-state index in [1.807, 2.05) is 32.0 Å². The molecule has 1 saturated carbocycles. The first-order chi connectivity index (χ1) is 8.13. The largest absolute Gasteiger partial charge is 0.491 e. The maximum atomic E-state index is 5.92. The minimum atomic E-state index is 0.149. The molecule has 0 amide bonds. The molecular weight excluding hydrogens is 214 g/mol. The maximum Gasteiger partial charge on any atom is 0.125 e. The van der Waals surface area contributed by atoms with Gasteiger partial charge in [-0.1, -0.05) is 0 Å². The monoisotopic (exact) mass is 235 g/mol. The minimum Gasteiger partial charge on any atom is -0.491 e. The highest BCUT2D eigenvalue weighted by Crippen LogP contribution is 2.29. The highest BCUT2D eigenvalue weighted by atomic mass is 16.5. The van der Waals surface area contributed by atoms with Gasteiger partial charge in [-0.2, -0.15) is 0 Å². The fraction of sp³-hybridized carbons (Fsp3) is 0.571. The normalized spacial score (nSPS) is 16.4. The number of hydrogen-bond donors (Lipinski definition) is 1. The Bertz CT molecular complexity index is 370. The third-order valence-electron chi connectivity index (χ3n) is 2.88. The van der Waals surface area contributed by atoms with E-state index in [-0.39, 0.29) is 6.10 Å². The van der Waals surface area contributed by atoms with Crippen LogP contribution in [0.5, 0.6) is 11.5 Å². The van der Waals surface area contributed by atoms with Crippen LogP contribution in [0.4, 0.5) is 5.69 Å². The van der Waals surface area contributed by atoms with E-state index < -0.39 is 0 Å². The van der Waals surface area contributed by atoms with Crippen LogP contribution in [0.1, 0.15) is 39.5 Å². The zero-order chi connectivity index (χ0) is 12.3. The number of anilines is 1. The van der Waals surface area contributed by atoms with Gasteiger partial charge in [0.2, 0.25) is 0 Å². The predicted molar refractivity (Wildman–Crippen MR) is 69.5 cm³/mol. The van der Waals surface area contributed by atoms with Gasteiger partial charge in [0.05, 0.1) is 12.2 Å². The van der Waals surface area contributed by atoms with Gasteiger partial charge in [0.1, 0.15) is 11.5 Å². The Labute approximate surface area is 103 Å². The van der Waals surface area contributed by atoms with Gasteiger partial charge in [-0.25, -0.2) is 0 Å². The van der Waals surface area contributed by atoms with E-state index in [0.29, 0.717) is 11.8 Å². The van der Waals surface area contributed by atoms with Crippen molar-refractivity contribution in [1.29, 1.82) is 0 Å². The molecule has 1 aliphatic rings. The molecule has 0 atom stereocenters. The molecule has 0 spiro atoms. The molecule has 3 nitrogen and oxygen atoms in total. The van der Waals surface area contributed by atoms with Crippen molar-refractivity contribution in [3.05, 3.63) is 18.2 Å². The molecule has 0 aromatic heterocycles. The molecule has 1 aromatic rings. The van der Waals surface area contributed by atoms with Gasteiger partial charge in [-0.3, -0.25) is 0 Å². The third-order valence-corrected chi connectivity index (χ3v) is 2.88. The lowest BCUT2D eigenvalue weighted by Crippen LogP contribution is -2.11. The van der Waals surface area contributed by atoms with E-state index in [0.717, 1.165) is 24.3 Å². The molecule has 2 rings (SSSR count). The zero-order valence-electron chi connectivity index (χ0n) is 10.6. The average molecular weight is 235 g/mol. The van der Waals surface area contributed by atoms with Crippen molar-refractivity contribution in [3.63, 3.8) is 0 Å². The smallest absolute Gasteiger partial charge is 0.125 e. The maximum absolute atomic E-state index is 5.92. The van der Waals surface area contributed by atoms with Crippen LogP contribution in [0, 0.1) is 0 Å². The predicted octanol–water partition coefficient (Wildman–Crippen LogP) is 3.38. The first kappa shape index (κ1) is 12.1. The molecule has 2 N–H and O–H groups in total. The van der Waals surface area contributed by atoms with Crippen LogP contribution in [0.3, 0.4) is 0 Å². The van der Waals surface area contributed by atoms with E-state index in [9.17, 15) is 0 Å². The minimum absolute atomic E-state index is 0.149. The standard InChI is InChI=1S/C14H21NO2/c1-10(2)16-13-7-11(15)8-14(9-13)17-12-5-3-4-6-12/h7-10,12H,3-6,15H2,1-2H3. The van der Waals surface area contributed by atoms with E-state index in [1.165, 1.54) is 12.8 Å². The van der Waals surface area contributed by atoms with Gasteiger partial charge >= 0.3 is 0 Å². The second-order valence-electron chi connectivity index (χ2n) is 4.93. The lowest BCUT2D eigenvalue weighted by atomic mass is 10.2. The molecule has 0 heterocycles. The van der Waals surface area contributed by atoms with E-state index in [4.69, 9.17) is 15.2 Å². The Balaban J connectivity index is 2.07. The Hall–Kier alpha value is -1.38. The van der Waals surface area contributed by atoms with Gasteiger partial charge in [-0.05, 0) is 39.5 Å². The van der Waals surface area contributed by atoms with Crippen molar-refractivity contribution >= 4 is 5.69 Å². The van der Waals surface area contributed by atoms with E-state index in [1.54, 1.807) is 0 Å². The second kappa shape index (κ2) is 5.30. The number of nitrogen functional groups attached to an aromatic ring is 1. The SMILES string of the molecule is CC(C)Oc1cc(N)cc(OC2CCCC2)c1. The van der Waals surface area contributed by atoms with Crippen molar-refractivity contribution in [1.82, 2.24) is 0 Å². The second-order valence-corrected chi connectivity index (χ2v) is 4.93. The average Bonchev–Trinajstić information content (AvgIpc) is 2.67. The molecule has 0 bridgehead atoms. The highest BCUT2D eigenvalue weighted by molar-refractivity contribution is 5.50. The topological polar surface area (TPSA) is 44.5 Å². The number of hydrogen-bond acceptors (Lipinski definition) is 3. The summed E-state index contributed by atoms with van der Waals surface area (Å²) in [7, 11) is 0. The van der Waals surface area contributed by atoms with Gasteiger partial charge in [0.25, 0.3) is 0 Å². The van der Waals surface area contributed by atoms with Crippen molar-refractivity contribution in [2.24, 2.45) is 0 Å². The van der Waals surface area contributed by atoms with Crippen molar-refractivity contribution in [2.75, 3.05) is 5.73 Å². The van der Waals surface area contributed by atoms with Gasteiger partial charge < -0.3 is 15.2 Å². The summed E-state index contributed by atoms with van der Waals surface area (Å²) in [5.41, 5.74) is 6.54. The molecule has 94 valence electrons. The van der Waals surface area contributed by atoms with Gasteiger partial charge in [-0.15, -0.1) is 0 Å². The molecule has 0 unspecified atom stereocenters. The molecule has 17 heavy (non-hydrogen) atoms. The number of ether oxygens (including phenoxy) is 2. The Morgan fingerprint density at radius 3 is 2.41 bits per heavy atom. The summed E-state index contributed by atoms with van der Waals surface area (Å²) in [6, 6.07) is 5.63. The number of nitrogens with two attached hydrogens (primary N) is 1. The highest BCUT2D eigenvalue weighted by Gasteiger charge is 2.17. The summed E-state index contributed by atoms with van der Waals surface area (Å²) < 4.78 is 11.6. The van der Waals surface area contributed by atoms with Crippen LogP contribution in [-0.4, -0.2) is 12.2 Å². The van der Waals surface area contributed by atoms with Crippen LogP contribution in [-0.2, 0) is 0 Å². The van der Waals surface area contributed by atoms with Crippen LogP contribution in [0.2, 0.25) is 0 Å². The number of rotatable bonds is 4. The molecule has 0 aliphatic heterocycles.